The second kappa shape index (κ2) is 4.38. The standard InChI is InChI=1S/C12H19N3O2/c1-8-7-16-9(2)5-15(8)6-11-13-12(14-17-11)10-3-4-10/h8-10H,3-7H2,1-2H3. The Morgan fingerprint density at radius 3 is 2.94 bits per heavy atom. The Labute approximate surface area is 101 Å². The highest BCUT2D eigenvalue weighted by molar-refractivity contribution is 5.03. The van der Waals surface area contributed by atoms with E-state index in [-0.39, 0.29) is 6.10 Å². The molecule has 0 spiro atoms. The summed E-state index contributed by atoms with van der Waals surface area (Å²) in [7, 11) is 0. The van der Waals surface area contributed by atoms with Crippen molar-refractivity contribution in [3.05, 3.63) is 11.7 Å². The fraction of sp³-hybridized carbons (Fsp3) is 0.833. The van der Waals surface area contributed by atoms with Gasteiger partial charge in [-0.2, -0.15) is 4.98 Å². The molecule has 0 N–H and O–H groups in total. The molecule has 3 rings (SSSR count). The zero-order valence-corrected chi connectivity index (χ0v) is 10.4. The van der Waals surface area contributed by atoms with Gasteiger partial charge in [-0.3, -0.25) is 4.90 Å². The molecule has 1 saturated heterocycles. The summed E-state index contributed by atoms with van der Waals surface area (Å²) in [5.41, 5.74) is 0. The maximum Gasteiger partial charge on any atom is 0.240 e. The minimum atomic E-state index is 0.289. The highest BCUT2D eigenvalue weighted by Gasteiger charge is 2.30. The molecule has 0 aromatic carbocycles. The number of hydrogen-bond donors (Lipinski definition) is 0. The smallest absolute Gasteiger partial charge is 0.240 e. The van der Waals surface area contributed by atoms with Crippen LogP contribution >= 0.6 is 0 Å². The lowest BCUT2D eigenvalue weighted by Crippen LogP contribution is -2.46. The van der Waals surface area contributed by atoms with Crippen molar-refractivity contribution in [1.82, 2.24) is 15.0 Å². The Hall–Kier alpha value is -0.940. The monoisotopic (exact) mass is 237 g/mol. The van der Waals surface area contributed by atoms with E-state index in [0.717, 1.165) is 31.4 Å². The van der Waals surface area contributed by atoms with Crippen molar-refractivity contribution in [2.24, 2.45) is 0 Å². The third kappa shape index (κ3) is 2.50. The highest BCUT2D eigenvalue weighted by Crippen LogP contribution is 2.38. The van der Waals surface area contributed by atoms with E-state index in [1.165, 1.54) is 12.8 Å². The van der Waals surface area contributed by atoms with E-state index >= 15 is 0 Å². The van der Waals surface area contributed by atoms with Crippen LogP contribution in [0.4, 0.5) is 0 Å². The summed E-state index contributed by atoms with van der Waals surface area (Å²) >= 11 is 0. The van der Waals surface area contributed by atoms with E-state index in [1.807, 2.05) is 0 Å². The van der Waals surface area contributed by atoms with Crippen molar-refractivity contribution in [3.63, 3.8) is 0 Å². The Balaban J connectivity index is 1.63. The van der Waals surface area contributed by atoms with E-state index in [9.17, 15) is 0 Å². The third-order valence-electron chi connectivity index (χ3n) is 3.50. The molecule has 2 atom stereocenters. The minimum absolute atomic E-state index is 0.289. The maximum absolute atomic E-state index is 5.60. The molecule has 2 heterocycles. The molecular weight excluding hydrogens is 218 g/mol. The molecule has 1 aromatic heterocycles. The van der Waals surface area contributed by atoms with E-state index in [1.54, 1.807) is 0 Å². The van der Waals surface area contributed by atoms with Gasteiger partial charge in [0, 0.05) is 18.5 Å². The second-order valence-electron chi connectivity index (χ2n) is 5.24. The normalized spacial score (nSPS) is 30.7. The Bertz CT molecular complexity index is 389. The van der Waals surface area contributed by atoms with Gasteiger partial charge in [0.15, 0.2) is 5.82 Å². The molecule has 0 radical (unpaired) electrons. The summed E-state index contributed by atoms with van der Waals surface area (Å²) in [5.74, 6) is 2.20. The fourth-order valence-electron chi connectivity index (χ4n) is 2.21. The van der Waals surface area contributed by atoms with Gasteiger partial charge in [0.2, 0.25) is 5.89 Å². The van der Waals surface area contributed by atoms with Crippen LogP contribution in [0.2, 0.25) is 0 Å². The first kappa shape index (κ1) is 11.2. The van der Waals surface area contributed by atoms with Gasteiger partial charge in [-0.15, -0.1) is 0 Å². The van der Waals surface area contributed by atoms with Gasteiger partial charge in [0.25, 0.3) is 0 Å². The molecule has 0 bridgehead atoms. The maximum atomic E-state index is 5.60. The van der Waals surface area contributed by atoms with Crippen LogP contribution in [0, 0.1) is 0 Å². The van der Waals surface area contributed by atoms with Crippen LogP contribution in [0.5, 0.6) is 0 Å². The van der Waals surface area contributed by atoms with E-state index < -0.39 is 0 Å². The van der Waals surface area contributed by atoms with Crippen molar-refractivity contribution in [1.29, 1.82) is 0 Å². The predicted molar refractivity (Wildman–Crippen MR) is 61.6 cm³/mol. The van der Waals surface area contributed by atoms with E-state index in [4.69, 9.17) is 9.26 Å². The number of aromatic nitrogens is 2. The number of nitrogens with zero attached hydrogens (tertiary/aromatic N) is 3. The van der Waals surface area contributed by atoms with Crippen LogP contribution in [-0.4, -0.2) is 40.3 Å². The van der Waals surface area contributed by atoms with Crippen molar-refractivity contribution >= 4 is 0 Å². The molecule has 1 aliphatic heterocycles. The minimum Gasteiger partial charge on any atom is -0.376 e. The van der Waals surface area contributed by atoms with Gasteiger partial charge >= 0.3 is 0 Å². The average Bonchev–Trinajstić information content (AvgIpc) is 3.05. The molecule has 94 valence electrons. The summed E-state index contributed by atoms with van der Waals surface area (Å²) in [6, 6.07) is 0.419. The van der Waals surface area contributed by atoms with Crippen LogP contribution in [0.15, 0.2) is 4.52 Å². The molecular formula is C12H19N3O2. The van der Waals surface area contributed by atoms with Crippen LogP contribution in [0.1, 0.15) is 44.3 Å². The topological polar surface area (TPSA) is 51.4 Å². The van der Waals surface area contributed by atoms with Gasteiger partial charge in [0.05, 0.1) is 19.3 Å². The van der Waals surface area contributed by atoms with E-state index in [0.29, 0.717) is 12.0 Å². The molecule has 0 amide bonds. The summed E-state index contributed by atoms with van der Waals surface area (Å²) in [6.45, 7) is 6.73. The lowest BCUT2D eigenvalue weighted by molar-refractivity contribution is -0.0555. The predicted octanol–water partition coefficient (Wildman–Crippen LogP) is 1.56. The Kier molecular flexibility index (Phi) is 2.88. The summed E-state index contributed by atoms with van der Waals surface area (Å²) in [4.78, 5) is 6.81. The number of hydrogen-bond acceptors (Lipinski definition) is 5. The molecule has 1 aromatic rings. The van der Waals surface area contributed by atoms with Gasteiger partial charge in [-0.05, 0) is 26.7 Å². The first-order valence-electron chi connectivity index (χ1n) is 6.40. The van der Waals surface area contributed by atoms with Crippen molar-refractivity contribution in [2.45, 2.75) is 51.3 Å². The number of rotatable bonds is 3. The van der Waals surface area contributed by atoms with Gasteiger partial charge in [-0.25, -0.2) is 0 Å². The first-order chi connectivity index (χ1) is 8.22. The molecule has 17 heavy (non-hydrogen) atoms. The van der Waals surface area contributed by atoms with Crippen molar-refractivity contribution in [3.8, 4) is 0 Å². The van der Waals surface area contributed by atoms with Gasteiger partial charge in [0.1, 0.15) is 0 Å². The molecule has 5 nitrogen and oxygen atoms in total. The molecule has 1 saturated carbocycles. The molecule has 2 aliphatic rings. The Morgan fingerprint density at radius 2 is 2.18 bits per heavy atom. The molecule has 5 heteroatoms. The number of morpholine rings is 1. The second-order valence-corrected chi connectivity index (χ2v) is 5.24. The summed E-state index contributed by atoms with van der Waals surface area (Å²) in [6.07, 6.45) is 2.71. The largest absolute Gasteiger partial charge is 0.376 e. The van der Waals surface area contributed by atoms with Gasteiger partial charge in [-0.1, -0.05) is 5.16 Å². The summed E-state index contributed by atoms with van der Waals surface area (Å²) in [5, 5.41) is 4.04. The zero-order valence-electron chi connectivity index (χ0n) is 10.4. The first-order valence-corrected chi connectivity index (χ1v) is 6.40. The third-order valence-corrected chi connectivity index (χ3v) is 3.50. The molecule has 2 unspecified atom stereocenters. The van der Waals surface area contributed by atoms with Crippen LogP contribution in [0.3, 0.4) is 0 Å². The molecule has 1 aliphatic carbocycles. The van der Waals surface area contributed by atoms with Crippen molar-refractivity contribution in [2.75, 3.05) is 13.2 Å². The fourth-order valence-corrected chi connectivity index (χ4v) is 2.21. The zero-order chi connectivity index (χ0) is 11.8. The van der Waals surface area contributed by atoms with E-state index in [2.05, 4.69) is 28.9 Å². The van der Waals surface area contributed by atoms with Crippen LogP contribution in [0.25, 0.3) is 0 Å². The Morgan fingerprint density at radius 1 is 1.35 bits per heavy atom. The lowest BCUT2D eigenvalue weighted by atomic mass is 10.2. The SMILES string of the molecule is CC1CN(Cc2nc(C3CC3)no2)C(C)CO1. The quantitative estimate of drug-likeness (QED) is 0.798. The van der Waals surface area contributed by atoms with Crippen molar-refractivity contribution < 1.29 is 9.26 Å². The number of ether oxygens (including phenoxy) is 1. The van der Waals surface area contributed by atoms with Crippen LogP contribution < -0.4 is 0 Å². The molecule has 2 fully saturated rings. The average molecular weight is 237 g/mol. The summed E-state index contributed by atoms with van der Waals surface area (Å²) < 4.78 is 10.9. The van der Waals surface area contributed by atoms with Crippen LogP contribution in [-0.2, 0) is 11.3 Å². The van der Waals surface area contributed by atoms with Gasteiger partial charge < -0.3 is 9.26 Å². The highest BCUT2D eigenvalue weighted by atomic mass is 16.5. The lowest BCUT2D eigenvalue weighted by Gasteiger charge is -2.35.